The summed E-state index contributed by atoms with van der Waals surface area (Å²) in [7, 11) is 1.19. The molecule has 0 aliphatic carbocycles. The van der Waals surface area contributed by atoms with Crippen molar-refractivity contribution in [3.63, 3.8) is 0 Å². The Morgan fingerprint density at radius 3 is 2.67 bits per heavy atom. The van der Waals surface area contributed by atoms with Gasteiger partial charge in [-0.2, -0.15) is 0 Å². The van der Waals surface area contributed by atoms with Crippen molar-refractivity contribution in [2.45, 2.75) is 6.42 Å². The van der Waals surface area contributed by atoms with Gasteiger partial charge in [0.25, 0.3) is 0 Å². The zero-order chi connectivity index (χ0) is 10.6. The van der Waals surface area contributed by atoms with Crippen molar-refractivity contribution in [1.29, 1.82) is 0 Å². The van der Waals surface area contributed by atoms with Crippen molar-refractivity contribution in [2.24, 2.45) is 0 Å². The molecule has 0 bridgehead atoms. The maximum Gasteiger partial charge on any atom is 1.00 e. The fraction of sp³-hybridized carbons (Fsp3) is 0.222. The van der Waals surface area contributed by atoms with Gasteiger partial charge >= 0.3 is 35.5 Å². The van der Waals surface area contributed by atoms with Gasteiger partial charge in [0.15, 0.2) is 5.78 Å². The van der Waals surface area contributed by atoms with Crippen molar-refractivity contribution < 1.29 is 49.7 Å². The summed E-state index contributed by atoms with van der Waals surface area (Å²) < 4.78 is 16.7. The molecule has 4 nitrogen and oxygen atoms in total. The van der Waals surface area contributed by atoms with E-state index in [1.807, 2.05) is 0 Å². The number of nitrogens with zero attached hydrogens (tertiary/aromatic N) is 1. The standard InChI is InChI=1S/C9H8FNO3.Na.H/c1-14-9(13)4-8(12)7-3-2-6(10)5-11-7;;/h2-3,5H,4H2,1H3;;/q;+1;-1. The number of ether oxygens (including phenoxy) is 1. The minimum atomic E-state index is -0.638. The third-order valence-electron chi connectivity index (χ3n) is 1.55. The Morgan fingerprint density at radius 2 is 2.20 bits per heavy atom. The number of hydrogen-bond donors (Lipinski definition) is 0. The summed E-state index contributed by atoms with van der Waals surface area (Å²) in [5, 5.41) is 0. The molecule has 0 atom stereocenters. The van der Waals surface area contributed by atoms with Crippen molar-refractivity contribution in [3.8, 4) is 0 Å². The van der Waals surface area contributed by atoms with Crippen LogP contribution in [0.1, 0.15) is 18.3 Å². The number of hydrogen-bond acceptors (Lipinski definition) is 4. The summed E-state index contributed by atoms with van der Waals surface area (Å²) >= 11 is 0. The zero-order valence-electron chi connectivity index (χ0n) is 9.49. The molecule has 15 heavy (non-hydrogen) atoms. The molecular weight excluding hydrogens is 212 g/mol. The number of rotatable bonds is 3. The molecule has 0 aliphatic heterocycles. The number of carbonyl (C=O) groups excluding carboxylic acids is 2. The van der Waals surface area contributed by atoms with Crippen LogP contribution in [0, 0.1) is 5.82 Å². The maximum atomic E-state index is 12.4. The van der Waals surface area contributed by atoms with E-state index in [9.17, 15) is 14.0 Å². The van der Waals surface area contributed by atoms with Gasteiger partial charge in [0, 0.05) is 0 Å². The first kappa shape index (κ1) is 14.2. The van der Waals surface area contributed by atoms with E-state index >= 15 is 0 Å². The van der Waals surface area contributed by atoms with Crippen LogP contribution in [0.25, 0.3) is 0 Å². The normalized spacial score (nSPS) is 8.93. The summed E-state index contributed by atoms with van der Waals surface area (Å²) in [4.78, 5) is 25.5. The molecule has 0 aliphatic rings. The van der Waals surface area contributed by atoms with Gasteiger partial charge in [0.05, 0.1) is 13.3 Å². The fourth-order valence-electron chi connectivity index (χ4n) is 0.835. The van der Waals surface area contributed by atoms with Crippen LogP contribution in [0.5, 0.6) is 0 Å². The van der Waals surface area contributed by atoms with E-state index in [2.05, 4.69) is 9.72 Å². The number of ketones is 1. The minimum absolute atomic E-state index is 0. The number of halogens is 1. The van der Waals surface area contributed by atoms with Crippen LogP contribution in [-0.4, -0.2) is 23.8 Å². The predicted molar refractivity (Wildman–Crippen MR) is 46.3 cm³/mol. The average molecular weight is 221 g/mol. The Hall–Kier alpha value is -0.780. The first-order chi connectivity index (χ1) is 6.63. The van der Waals surface area contributed by atoms with Crippen LogP contribution in [0.15, 0.2) is 18.3 Å². The van der Waals surface area contributed by atoms with Crippen LogP contribution in [-0.2, 0) is 9.53 Å². The quantitative estimate of drug-likeness (QED) is 0.258. The first-order valence-electron chi connectivity index (χ1n) is 3.85. The number of carbonyl (C=O) groups is 2. The molecule has 0 aromatic carbocycles. The Morgan fingerprint density at radius 1 is 1.53 bits per heavy atom. The topological polar surface area (TPSA) is 56.3 Å². The third kappa shape index (κ3) is 4.51. The monoisotopic (exact) mass is 221 g/mol. The van der Waals surface area contributed by atoms with Gasteiger partial charge in [-0.15, -0.1) is 0 Å². The van der Waals surface area contributed by atoms with Crippen molar-refractivity contribution in [1.82, 2.24) is 4.98 Å². The number of aromatic nitrogens is 1. The Kier molecular flexibility index (Phi) is 6.31. The molecule has 1 aromatic rings. The van der Waals surface area contributed by atoms with Gasteiger partial charge in [0.1, 0.15) is 17.9 Å². The van der Waals surface area contributed by atoms with Crippen LogP contribution in [0.3, 0.4) is 0 Å². The van der Waals surface area contributed by atoms with E-state index in [0.29, 0.717) is 0 Å². The molecule has 1 rings (SSSR count). The molecule has 0 spiro atoms. The fourth-order valence-corrected chi connectivity index (χ4v) is 0.835. The second kappa shape index (κ2) is 6.66. The van der Waals surface area contributed by atoms with Gasteiger partial charge in [-0.25, -0.2) is 4.39 Å². The average Bonchev–Trinajstić information content (AvgIpc) is 2.18. The second-order valence-electron chi connectivity index (χ2n) is 2.54. The molecule has 6 heteroatoms. The van der Waals surface area contributed by atoms with E-state index in [0.717, 1.165) is 12.3 Å². The molecule has 0 unspecified atom stereocenters. The van der Waals surface area contributed by atoms with Gasteiger partial charge < -0.3 is 6.16 Å². The van der Waals surface area contributed by atoms with E-state index < -0.39 is 17.6 Å². The molecule has 0 radical (unpaired) electrons. The van der Waals surface area contributed by atoms with Crippen LogP contribution >= 0.6 is 0 Å². The van der Waals surface area contributed by atoms with Gasteiger partial charge in [-0.1, -0.05) is 0 Å². The second-order valence-corrected chi connectivity index (χ2v) is 2.54. The molecule has 0 saturated carbocycles. The summed E-state index contributed by atoms with van der Waals surface area (Å²) in [6, 6.07) is 2.33. The van der Waals surface area contributed by atoms with Crippen LogP contribution in [0.4, 0.5) is 4.39 Å². The predicted octanol–water partition coefficient (Wildman–Crippen LogP) is -1.92. The number of esters is 1. The van der Waals surface area contributed by atoms with E-state index in [4.69, 9.17) is 0 Å². The van der Waals surface area contributed by atoms with Crippen molar-refractivity contribution in [2.75, 3.05) is 7.11 Å². The summed E-state index contributed by atoms with van der Waals surface area (Å²) in [6.45, 7) is 0. The van der Waals surface area contributed by atoms with Gasteiger partial charge in [-0.05, 0) is 12.1 Å². The Bertz CT molecular complexity index is 358. The third-order valence-corrected chi connectivity index (χ3v) is 1.55. The molecule has 0 amide bonds. The molecule has 1 aromatic heterocycles. The Labute approximate surface area is 110 Å². The van der Waals surface area contributed by atoms with Gasteiger partial charge in [-0.3, -0.25) is 14.6 Å². The molecule has 76 valence electrons. The smallest absolute Gasteiger partial charge is 1.00 e. The number of Topliss-reactive ketones (excluding diaryl/α,β-unsaturated/α-hetero) is 1. The number of pyridine rings is 1. The first-order valence-corrected chi connectivity index (χ1v) is 3.85. The molecule has 0 N–H and O–H groups in total. The van der Waals surface area contributed by atoms with Crippen molar-refractivity contribution >= 4 is 11.8 Å². The Balaban J connectivity index is 0. The van der Waals surface area contributed by atoms with E-state index in [1.54, 1.807) is 0 Å². The zero-order valence-corrected chi connectivity index (χ0v) is 10.5. The largest absolute Gasteiger partial charge is 1.00 e. The van der Waals surface area contributed by atoms with Crippen molar-refractivity contribution in [3.05, 3.63) is 29.8 Å². The SMILES string of the molecule is COC(=O)CC(=O)c1ccc(F)cn1.[H-].[Na+]. The summed E-state index contributed by atoms with van der Waals surface area (Å²) in [5.41, 5.74) is 0.0526. The molecule has 0 fully saturated rings. The van der Waals surface area contributed by atoms with Gasteiger partial charge in [0.2, 0.25) is 0 Å². The van der Waals surface area contributed by atoms with Crippen LogP contribution in [0.2, 0.25) is 0 Å². The van der Waals surface area contributed by atoms with E-state index in [-0.39, 0.29) is 43.1 Å². The molecular formula is C9H9FNNaO3. The maximum absolute atomic E-state index is 12.4. The minimum Gasteiger partial charge on any atom is -1.00 e. The molecule has 1 heterocycles. The summed E-state index contributed by atoms with van der Waals surface area (Å²) in [6.07, 6.45) is 0.541. The van der Waals surface area contributed by atoms with E-state index in [1.165, 1.54) is 13.2 Å². The number of methoxy groups -OCH3 is 1. The van der Waals surface area contributed by atoms with Crippen LogP contribution < -0.4 is 29.6 Å². The molecule has 0 saturated heterocycles. The summed E-state index contributed by atoms with van der Waals surface area (Å²) in [5.74, 6) is -1.66.